The molecule has 1 amide bonds. The molecule has 146 valence electrons. The van der Waals surface area contributed by atoms with Crippen LogP contribution >= 0.6 is 0 Å². The zero-order valence-corrected chi connectivity index (χ0v) is 16.0. The number of nitrogens with one attached hydrogen (secondary N) is 1. The smallest absolute Gasteiger partial charge is 0.222 e. The van der Waals surface area contributed by atoms with Gasteiger partial charge in [0.2, 0.25) is 5.91 Å². The summed E-state index contributed by atoms with van der Waals surface area (Å²) in [5.74, 6) is 1.80. The molecule has 0 saturated carbocycles. The van der Waals surface area contributed by atoms with E-state index in [9.17, 15) is 4.79 Å². The Morgan fingerprint density at radius 1 is 1.14 bits per heavy atom. The van der Waals surface area contributed by atoms with Gasteiger partial charge in [0.1, 0.15) is 5.82 Å². The summed E-state index contributed by atoms with van der Waals surface area (Å²) in [6.07, 6.45) is 15.6. The van der Waals surface area contributed by atoms with Gasteiger partial charge in [0.05, 0.1) is 6.20 Å². The van der Waals surface area contributed by atoms with Gasteiger partial charge >= 0.3 is 0 Å². The largest absolute Gasteiger partial charge is 0.343 e. The molecule has 0 spiro atoms. The number of amides is 1. The maximum atomic E-state index is 12.5. The van der Waals surface area contributed by atoms with Crippen molar-refractivity contribution in [2.24, 2.45) is 0 Å². The lowest BCUT2D eigenvalue weighted by atomic mass is 9.95. The first-order valence-electron chi connectivity index (χ1n) is 9.95. The van der Waals surface area contributed by atoms with Crippen LogP contribution in [0.1, 0.15) is 48.6 Å². The lowest BCUT2D eigenvalue weighted by molar-refractivity contribution is -0.132. The monoisotopic (exact) mass is 378 g/mol. The van der Waals surface area contributed by atoms with Crippen molar-refractivity contribution in [1.29, 1.82) is 0 Å². The molecule has 0 atom stereocenters. The number of aromatic nitrogens is 5. The molecule has 1 N–H and O–H groups in total. The van der Waals surface area contributed by atoms with E-state index in [0.717, 1.165) is 56.7 Å². The van der Waals surface area contributed by atoms with Gasteiger partial charge in [0, 0.05) is 63.0 Å². The van der Waals surface area contributed by atoms with E-state index < -0.39 is 0 Å². The number of rotatable bonds is 7. The summed E-state index contributed by atoms with van der Waals surface area (Å²) in [5, 5.41) is 6.76. The molecule has 1 saturated heterocycles. The molecular weight excluding hydrogens is 352 g/mol. The minimum atomic E-state index is 0.266. The third-order valence-electron chi connectivity index (χ3n) is 5.47. The number of aryl methyl sites for hydroxylation is 1. The second kappa shape index (κ2) is 8.82. The Kier molecular flexibility index (Phi) is 5.80. The van der Waals surface area contributed by atoms with Crippen molar-refractivity contribution < 1.29 is 4.79 Å². The molecule has 4 heterocycles. The third-order valence-corrected chi connectivity index (χ3v) is 5.47. The van der Waals surface area contributed by atoms with E-state index in [0.29, 0.717) is 12.3 Å². The highest BCUT2D eigenvalue weighted by Crippen LogP contribution is 2.27. The molecule has 1 aliphatic heterocycles. The molecule has 0 aromatic carbocycles. The Hall–Kier alpha value is -2.96. The van der Waals surface area contributed by atoms with Crippen molar-refractivity contribution in [2.75, 3.05) is 13.1 Å². The maximum Gasteiger partial charge on any atom is 0.222 e. The van der Waals surface area contributed by atoms with Crippen LogP contribution in [0.4, 0.5) is 0 Å². The van der Waals surface area contributed by atoms with E-state index in [4.69, 9.17) is 0 Å². The molecule has 1 aliphatic rings. The van der Waals surface area contributed by atoms with Crippen LogP contribution < -0.4 is 0 Å². The average molecular weight is 378 g/mol. The number of pyridine rings is 1. The summed E-state index contributed by atoms with van der Waals surface area (Å²) < 4.78 is 2.22. The fourth-order valence-corrected chi connectivity index (χ4v) is 3.90. The van der Waals surface area contributed by atoms with Gasteiger partial charge in [0.25, 0.3) is 0 Å². The number of carbonyl (C=O) groups is 1. The fraction of sp³-hybridized carbons (Fsp3) is 0.429. The third kappa shape index (κ3) is 4.47. The molecule has 4 rings (SSSR count). The fourth-order valence-electron chi connectivity index (χ4n) is 3.90. The van der Waals surface area contributed by atoms with Crippen LogP contribution in [0.15, 0.2) is 49.3 Å². The average Bonchev–Trinajstić information content (AvgIpc) is 3.41. The second-order valence-electron chi connectivity index (χ2n) is 7.38. The summed E-state index contributed by atoms with van der Waals surface area (Å²) >= 11 is 0. The minimum Gasteiger partial charge on any atom is -0.343 e. The van der Waals surface area contributed by atoms with E-state index in [-0.39, 0.29) is 5.91 Å². The number of aromatic amines is 1. The summed E-state index contributed by atoms with van der Waals surface area (Å²) in [7, 11) is 0. The first-order valence-corrected chi connectivity index (χ1v) is 9.95. The number of H-pyrrole nitrogens is 1. The second-order valence-corrected chi connectivity index (χ2v) is 7.38. The lowest BCUT2D eigenvalue weighted by Crippen LogP contribution is -2.38. The summed E-state index contributed by atoms with van der Waals surface area (Å²) in [6, 6.07) is 4.07. The highest BCUT2D eigenvalue weighted by molar-refractivity contribution is 5.76. The Balaban J connectivity index is 1.27. The van der Waals surface area contributed by atoms with Gasteiger partial charge in [-0.15, -0.1) is 0 Å². The number of hydrogen-bond donors (Lipinski definition) is 1. The SMILES string of the molecule is O=C(CCCc1cn[nH]c1)N1CCC(c2nccn2Cc2ccncc2)CC1. The van der Waals surface area contributed by atoms with Gasteiger partial charge in [-0.3, -0.25) is 14.9 Å². The van der Waals surface area contributed by atoms with Crippen molar-refractivity contribution in [2.45, 2.75) is 44.6 Å². The van der Waals surface area contributed by atoms with Crippen LogP contribution in [0.3, 0.4) is 0 Å². The van der Waals surface area contributed by atoms with E-state index in [1.165, 1.54) is 5.56 Å². The topological polar surface area (TPSA) is 79.7 Å². The van der Waals surface area contributed by atoms with Gasteiger partial charge in [0.15, 0.2) is 0 Å². The van der Waals surface area contributed by atoms with Crippen molar-refractivity contribution >= 4 is 5.91 Å². The van der Waals surface area contributed by atoms with Gasteiger partial charge < -0.3 is 9.47 Å². The Bertz CT molecular complexity index is 865. The molecule has 7 heteroatoms. The van der Waals surface area contributed by atoms with Gasteiger partial charge in [-0.1, -0.05) is 0 Å². The zero-order valence-electron chi connectivity index (χ0n) is 16.0. The van der Waals surface area contributed by atoms with E-state index in [1.807, 2.05) is 54.2 Å². The molecule has 0 unspecified atom stereocenters. The first-order chi connectivity index (χ1) is 13.8. The quantitative estimate of drug-likeness (QED) is 0.686. The van der Waals surface area contributed by atoms with Crippen LogP contribution in [0.2, 0.25) is 0 Å². The van der Waals surface area contributed by atoms with Crippen molar-refractivity contribution in [1.82, 2.24) is 29.6 Å². The molecule has 1 fully saturated rings. The molecule has 0 bridgehead atoms. The van der Waals surface area contributed by atoms with Gasteiger partial charge in [-0.05, 0) is 48.9 Å². The van der Waals surface area contributed by atoms with Gasteiger partial charge in [-0.25, -0.2) is 4.98 Å². The number of hydrogen-bond acceptors (Lipinski definition) is 4. The maximum absolute atomic E-state index is 12.5. The summed E-state index contributed by atoms with van der Waals surface area (Å²) in [5.41, 5.74) is 2.38. The Labute approximate surface area is 164 Å². The summed E-state index contributed by atoms with van der Waals surface area (Å²) in [6.45, 7) is 2.44. The molecular formula is C21H26N6O. The van der Waals surface area contributed by atoms with Gasteiger partial charge in [-0.2, -0.15) is 5.10 Å². The van der Waals surface area contributed by atoms with Crippen LogP contribution in [0, 0.1) is 0 Å². The van der Waals surface area contributed by atoms with Crippen molar-refractivity contribution in [3.8, 4) is 0 Å². The number of nitrogens with zero attached hydrogens (tertiary/aromatic N) is 5. The van der Waals surface area contributed by atoms with Crippen LogP contribution in [-0.2, 0) is 17.8 Å². The molecule has 0 radical (unpaired) electrons. The molecule has 7 nitrogen and oxygen atoms in total. The highest BCUT2D eigenvalue weighted by atomic mass is 16.2. The normalized spacial score (nSPS) is 15.1. The minimum absolute atomic E-state index is 0.266. The van der Waals surface area contributed by atoms with E-state index in [1.54, 1.807) is 0 Å². The Morgan fingerprint density at radius 2 is 1.96 bits per heavy atom. The standard InChI is InChI=1S/C21H26N6O/c28-20(3-1-2-18-14-24-25-15-18)26-11-6-19(7-12-26)21-23-10-13-27(21)16-17-4-8-22-9-5-17/h4-5,8-10,13-15,19H,1-3,6-7,11-12,16H2,(H,24,25). The molecule has 0 aliphatic carbocycles. The van der Waals surface area contributed by atoms with Crippen LogP contribution in [-0.4, -0.2) is 48.6 Å². The predicted octanol–water partition coefficient (Wildman–Crippen LogP) is 2.78. The summed E-state index contributed by atoms with van der Waals surface area (Å²) in [4.78, 5) is 23.2. The van der Waals surface area contributed by atoms with Crippen molar-refractivity contribution in [3.05, 3.63) is 66.3 Å². The predicted molar refractivity (Wildman–Crippen MR) is 106 cm³/mol. The molecule has 3 aromatic heterocycles. The van der Waals surface area contributed by atoms with E-state index >= 15 is 0 Å². The van der Waals surface area contributed by atoms with E-state index in [2.05, 4.69) is 24.7 Å². The highest BCUT2D eigenvalue weighted by Gasteiger charge is 2.26. The van der Waals surface area contributed by atoms with Crippen LogP contribution in [0.25, 0.3) is 0 Å². The first kappa shape index (κ1) is 18.4. The lowest BCUT2D eigenvalue weighted by Gasteiger charge is -2.32. The number of carbonyl (C=O) groups excluding carboxylic acids is 1. The van der Waals surface area contributed by atoms with Crippen LogP contribution in [0.5, 0.6) is 0 Å². The zero-order chi connectivity index (χ0) is 19.2. The number of likely N-dealkylation sites (tertiary alicyclic amines) is 1. The molecule has 28 heavy (non-hydrogen) atoms. The Morgan fingerprint density at radius 3 is 2.71 bits per heavy atom. The number of piperidine rings is 1. The number of imidazole rings is 1. The molecule has 3 aromatic rings. The van der Waals surface area contributed by atoms with Crippen molar-refractivity contribution in [3.63, 3.8) is 0 Å².